The van der Waals surface area contributed by atoms with E-state index < -0.39 is 41.2 Å². The number of ether oxygens (including phenoxy) is 3. The van der Waals surface area contributed by atoms with Crippen molar-refractivity contribution in [1.82, 2.24) is 0 Å². The van der Waals surface area contributed by atoms with Gasteiger partial charge in [0.2, 0.25) is 0 Å². The highest BCUT2D eigenvalue weighted by Gasteiger charge is 2.34. The molecular formula is C28H43NO8. The number of rotatable bonds is 16. The minimum absolute atomic E-state index is 0.0161. The summed E-state index contributed by atoms with van der Waals surface area (Å²) in [5, 5.41) is 9.69. The van der Waals surface area contributed by atoms with Crippen LogP contribution in [0.4, 0.5) is 0 Å². The zero-order valence-electron chi connectivity index (χ0n) is 23.0. The third kappa shape index (κ3) is 10.1. The quantitative estimate of drug-likeness (QED) is 0.227. The van der Waals surface area contributed by atoms with Gasteiger partial charge in [-0.3, -0.25) is 19.2 Å². The third-order valence-electron chi connectivity index (χ3n) is 6.47. The van der Waals surface area contributed by atoms with E-state index in [4.69, 9.17) is 19.9 Å². The van der Waals surface area contributed by atoms with E-state index in [1.54, 1.807) is 26.8 Å². The number of carbonyl (C=O) groups is 4. The van der Waals surface area contributed by atoms with Crippen molar-refractivity contribution in [3.05, 3.63) is 23.8 Å². The molecule has 0 amide bonds. The van der Waals surface area contributed by atoms with Gasteiger partial charge in [-0.15, -0.1) is 0 Å². The fraction of sp³-hybridized carbons (Fsp3) is 0.643. The van der Waals surface area contributed by atoms with Crippen LogP contribution in [0, 0.1) is 11.3 Å². The van der Waals surface area contributed by atoms with Gasteiger partial charge in [-0.05, 0) is 56.7 Å². The van der Waals surface area contributed by atoms with Gasteiger partial charge in [0.1, 0.15) is 6.04 Å². The van der Waals surface area contributed by atoms with Crippen LogP contribution < -0.4 is 15.2 Å². The number of hydrogen-bond acceptors (Lipinski definition) is 8. The molecule has 0 aromatic heterocycles. The van der Waals surface area contributed by atoms with E-state index in [9.17, 15) is 24.3 Å². The summed E-state index contributed by atoms with van der Waals surface area (Å²) in [6.45, 7) is 11.0. The highest BCUT2D eigenvalue weighted by molar-refractivity contribution is 5.77. The van der Waals surface area contributed by atoms with E-state index in [1.807, 2.05) is 20.8 Å². The molecule has 0 spiro atoms. The summed E-state index contributed by atoms with van der Waals surface area (Å²) in [4.78, 5) is 49.0. The van der Waals surface area contributed by atoms with Gasteiger partial charge in [0, 0.05) is 18.8 Å². The standard InChI is InChI=1S/C28H43NO8/c1-7-10-12-22(30)36-20-15-14-19(16-21(20)37-23(31)13-11-8-2)24(25(29)26(32)33)18(4)17-35-27(34)28(5,6)9-3/h14-16,18,24-25H,7-13,17,29H2,1-6H3,(H,32,33)/t18?,24?,25-/m0/s1. The van der Waals surface area contributed by atoms with Crippen molar-refractivity contribution < 1.29 is 38.5 Å². The molecule has 9 nitrogen and oxygen atoms in total. The summed E-state index contributed by atoms with van der Waals surface area (Å²) in [6.07, 6.45) is 3.89. The molecule has 0 saturated carbocycles. The van der Waals surface area contributed by atoms with Crippen molar-refractivity contribution in [2.24, 2.45) is 17.1 Å². The highest BCUT2D eigenvalue weighted by atomic mass is 16.6. The van der Waals surface area contributed by atoms with Crippen LogP contribution in [0.2, 0.25) is 0 Å². The first-order valence-corrected chi connectivity index (χ1v) is 13.1. The Morgan fingerprint density at radius 1 is 0.946 bits per heavy atom. The molecule has 0 heterocycles. The Balaban J connectivity index is 3.34. The minimum atomic E-state index is -1.32. The first kappa shape index (κ1) is 32.1. The van der Waals surface area contributed by atoms with Crippen LogP contribution in [0.5, 0.6) is 11.5 Å². The van der Waals surface area contributed by atoms with E-state index in [2.05, 4.69) is 0 Å². The molecule has 0 aliphatic heterocycles. The molecule has 2 unspecified atom stereocenters. The van der Waals surface area contributed by atoms with Gasteiger partial charge in [-0.1, -0.05) is 46.6 Å². The molecule has 1 rings (SSSR count). The van der Waals surface area contributed by atoms with Gasteiger partial charge >= 0.3 is 23.9 Å². The molecule has 0 aliphatic rings. The molecule has 3 N–H and O–H groups in total. The maximum Gasteiger partial charge on any atom is 0.321 e. The topological polar surface area (TPSA) is 142 Å². The molecule has 3 atom stereocenters. The van der Waals surface area contributed by atoms with Crippen LogP contribution in [0.3, 0.4) is 0 Å². The number of esters is 3. The number of benzene rings is 1. The molecular weight excluding hydrogens is 478 g/mol. The summed E-state index contributed by atoms with van der Waals surface area (Å²) in [6, 6.07) is 3.22. The number of aliphatic carboxylic acids is 1. The Kier molecular flexibility index (Phi) is 13.3. The van der Waals surface area contributed by atoms with E-state index in [1.165, 1.54) is 12.1 Å². The Hall–Kier alpha value is -2.94. The number of nitrogens with two attached hydrogens (primary N) is 1. The summed E-state index contributed by atoms with van der Waals surface area (Å²) < 4.78 is 16.5. The lowest BCUT2D eigenvalue weighted by atomic mass is 9.81. The average Bonchev–Trinajstić information content (AvgIpc) is 2.85. The number of carboxylic acids is 1. The largest absolute Gasteiger partial charge is 0.480 e. The van der Waals surface area contributed by atoms with E-state index in [0.717, 1.165) is 12.8 Å². The molecule has 1 aromatic carbocycles. The van der Waals surface area contributed by atoms with E-state index in [0.29, 0.717) is 24.8 Å². The normalized spacial score (nSPS) is 13.8. The van der Waals surface area contributed by atoms with Crippen molar-refractivity contribution in [1.29, 1.82) is 0 Å². The molecule has 0 bridgehead atoms. The second-order valence-electron chi connectivity index (χ2n) is 10.1. The zero-order valence-corrected chi connectivity index (χ0v) is 23.0. The lowest BCUT2D eigenvalue weighted by molar-refractivity contribution is -0.155. The Morgan fingerprint density at radius 3 is 1.97 bits per heavy atom. The number of carbonyl (C=O) groups excluding carboxylic acids is 3. The van der Waals surface area contributed by atoms with Gasteiger partial charge < -0.3 is 25.1 Å². The maximum absolute atomic E-state index is 12.5. The van der Waals surface area contributed by atoms with Gasteiger partial charge in [0.25, 0.3) is 0 Å². The van der Waals surface area contributed by atoms with Crippen LogP contribution >= 0.6 is 0 Å². The monoisotopic (exact) mass is 521 g/mol. The third-order valence-corrected chi connectivity index (χ3v) is 6.47. The second kappa shape index (κ2) is 15.3. The van der Waals surface area contributed by atoms with Gasteiger partial charge in [0.15, 0.2) is 11.5 Å². The average molecular weight is 522 g/mol. The lowest BCUT2D eigenvalue weighted by Crippen LogP contribution is -2.41. The molecule has 0 fully saturated rings. The predicted molar refractivity (Wildman–Crippen MR) is 139 cm³/mol. The molecule has 208 valence electrons. The fourth-order valence-electron chi connectivity index (χ4n) is 3.58. The van der Waals surface area contributed by atoms with Crippen LogP contribution in [0.1, 0.15) is 98.0 Å². The Morgan fingerprint density at radius 2 is 1.49 bits per heavy atom. The minimum Gasteiger partial charge on any atom is -0.480 e. The first-order valence-electron chi connectivity index (χ1n) is 13.1. The lowest BCUT2D eigenvalue weighted by Gasteiger charge is -2.29. The zero-order chi connectivity index (χ0) is 28.2. The smallest absolute Gasteiger partial charge is 0.321 e. The molecule has 0 aliphatic carbocycles. The summed E-state index contributed by atoms with van der Waals surface area (Å²) in [5.41, 5.74) is 5.85. The Bertz CT molecular complexity index is 927. The van der Waals surface area contributed by atoms with Crippen LogP contribution in [0.15, 0.2) is 18.2 Å². The van der Waals surface area contributed by atoms with Gasteiger partial charge in [0.05, 0.1) is 12.0 Å². The van der Waals surface area contributed by atoms with Crippen LogP contribution in [0.25, 0.3) is 0 Å². The van der Waals surface area contributed by atoms with Crippen molar-refractivity contribution in [3.8, 4) is 11.5 Å². The van der Waals surface area contributed by atoms with Crippen molar-refractivity contribution in [2.45, 2.75) is 98.4 Å². The summed E-state index contributed by atoms with van der Waals surface area (Å²) in [5.74, 6) is -3.75. The van der Waals surface area contributed by atoms with E-state index in [-0.39, 0.29) is 36.9 Å². The maximum atomic E-state index is 12.5. The summed E-state index contributed by atoms with van der Waals surface area (Å²) in [7, 11) is 0. The van der Waals surface area contributed by atoms with Gasteiger partial charge in [-0.25, -0.2) is 0 Å². The van der Waals surface area contributed by atoms with Gasteiger partial charge in [-0.2, -0.15) is 0 Å². The number of carboxylic acid groups (broad SMARTS) is 1. The highest BCUT2D eigenvalue weighted by Crippen LogP contribution is 2.36. The molecule has 37 heavy (non-hydrogen) atoms. The van der Waals surface area contributed by atoms with Crippen molar-refractivity contribution in [2.75, 3.05) is 6.61 Å². The SMILES string of the molecule is CCCCC(=O)Oc1ccc(C(C(C)COC(=O)C(C)(C)CC)[C@H](N)C(=O)O)cc1OC(=O)CCCC. The second-order valence-corrected chi connectivity index (χ2v) is 10.1. The number of unbranched alkanes of at least 4 members (excludes halogenated alkanes) is 2. The van der Waals surface area contributed by atoms with Crippen molar-refractivity contribution in [3.63, 3.8) is 0 Å². The fourth-order valence-corrected chi connectivity index (χ4v) is 3.58. The van der Waals surface area contributed by atoms with E-state index >= 15 is 0 Å². The Labute approximate surface area is 220 Å². The van der Waals surface area contributed by atoms with Crippen LogP contribution in [-0.2, 0) is 23.9 Å². The molecule has 0 radical (unpaired) electrons. The number of hydrogen-bond donors (Lipinski definition) is 2. The van der Waals surface area contributed by atoms with Crippen molar-refractivity contribution >= 4 is 23.9 Å². The molecule has 1 aromatic rings. The molecule has 9 heteroatoms. The van der Waals surface area contributed by atoms with Crippen LogP contribution in [-0.4, -0.2) is 41.6 Å². The summed E-state index contributed by atoms with van der Waals surface area (Å²) >= 11 is 0. The first-order chi connectivity index (χ1) is 17.4. The molecule has 0 saturated heterocycles. The predicted octanol–water partition coefficient (Wildman–Crippen LogP) is 4.99.